The SMILES string of the molecule is Clc1ccc(NCc2nnc(-c3ccccc3Cl)o2)cc1Cl. The van der Waals surface area contributed by atoms with Crippen molar-refractivity contribution in [2.45, 2.75) is 6.54 Å². The summed E-state index contributed by atoms with van der Waals surface area (Å²) in [4.78, 5) is 0. The van der Waals surface area contributed by atoms with Gasteiger partial charge < -0.3 is 9.73 Å². The van der Waals surface area contributed by atoms with Crippen molar-refractivity contribution in [1.82, 2.24) is 10.2 Å². The molecule has 0 bridgehead atoms. The van der Waals surface area contributed by atoms with Crippen LogP contribution in [0.25, 0.3) is 11.5 Å². The molecule has 1 aromatic heterocycles. The fraction of sp³-hybridized carbons (Fsp3) is 0.0667. The standard InChI is InChI=1S/C15H10Cl3N3O/c16-11-4-2-1-3-10(11)15-21-20-14(22-15)8-19-9-5-6-12(17)13(18)7-9/h1-7,19H,8H2. The second-order valence-electron chi connectivity index (χ2n) is 4.46. The molecule has 3 rings (SSSR count). The first-order valence-electron chi connectivity index (χ1n) is 6.39. The molecular formula is C15H10Cl3N3O. The van der Waals surface area contributed by atoms with Crippen LogP contribution in [0.2, 0.25) is 15.1 Å². The highest BCUT2D eigenvalue weighted by Gasteiger charge is 2.11. The van der Waals surface area contributed by atoms with Gasteiger partial charge in [0.2, 0.25) is 11.8 Å². The van der Waals surface area contributed by atoms with Gasteiger partial charge in [-0.2, -0.15) is 0 Å². The van der Waals surface area contributed by atoms with Crippen molar-refractivity contribution in [3.05, 3.63) is 63.4 Å². The maximum atomic E-state index is 6.10. The molecule has 0 atom stereocenters. The highest BCUT2D eigenvalue weighted by Crippen LogP contribution is 2.27. The predicted molar refractivity (Wildman–Crippen MR) is 88.5 cm³/mol. The van der Waals surface area contributed by atoms with Crippen LogP contribution in [0.4, 0.5) is 5.69 Å². The average Bonchev–Trinajstić information content (AvgIpc) is 2.98. The first-order chi connectivity index (χ1) is 10.6. The van der Waals surface area contributed by atoms with Crippen molar-refractivity contribution >= 4 is 40.5 Å². The van der Waals surface area contributed by atoms with E-state index in [1.165, 1.54) is 0 Å². The van der Waals surface area contributed by atoms with Crippen LogP contribution in [-0.2, 0) is 6.54 Å². The molecule has 0 aliphatic carbocycles. The van der Waals surface area contributed by atoms with Crippen molar-refractivity contribution in [3.8, 4) is 11.5 Å². The van der Waals surface area contributed by atoms with E-state index in [4.69, 9.17) is 39.2 Å². The third kappa shape index (κ3) is 3.35. The van der Waals surface area contributed by atoms with Crippen LogP contribution < -0.4 is 5.32 Å². The molecule has 3 aromatic rings. The molecule has 22 heavy (non-hydrogen) atoms. The molecule has 0 unspecified atom stereocenters. The second kappa shape index (κ2) is 6.57. The van der Waals surface area contributed by atoms with Gasteiger partial charge in [0, 0.05) is 5.69 Å². The number of nitrogens with one attached hydrogen (secondary N) is 1. The van der Waals surface area contributed by atoms with Crippen molar-refractivity contribution in [3.63, 3.8) is 0 Å². The minimum absolute atomic E-state index is 0.370. The Morgan fingerprint density at radius 1 is 0.909 bits per heavy atom. The van der Waals surface area contributed by atoms with Gasteiger partial charge in [-0.3, -0.25) is 0 Å². The maximum Gasteiger partial charge on any atom is 0.249 e. The van der Waals surface area contributed by atoms with Crippen LogP contribution in [0, 0.1) is 0 Å². The van der Waals surface area contributed by atoms with Crippen molar-refractivity contribution in [1.29, 1.82) is 0 Å². The molecule has 0 aliphatic heterocycles. The summed E-state index contributed by atoms with van der Waals surface area (Å²) >= 11 is 17.9. The predicted octanol–water partition coefficient (Wildman–Crippen LogP) is 5.31. The van der Waals surface area contributed by atoms with E-state index in [0.717, 1.165) is 5.69 Å². The Balaban J connectivity index is 1.72. The molecule has 1 N–H and O–H groups in total. The fourth-order valence-corrected chi connectivity index (χ4v) is 2.37. The van der Waals surface area contributed by atoms with E-state index in [1.54, 1.807) is 18.2 Å². The molecule has 0 saturated heterocycles. The van der Waals surface area contributed by atoms with Crippen LogP contribution in [0.15, 0.2) is 46.9 Å². The highest BCUT2D eigenvalue weighted by atomic mass is 35.5. The first kappa shape index (κ1) is 15.2. The Hall–Kier alpha value is -1.75. The van der Waals surface area contributed by atoms with E-state index in [-0.39, 0.29) is 0 Å². The third-order valence-electron chi connectivity index (χ3n) is 2.93. The summed E-state index contributed by atoms with van der Waals surface area (Å²) < 4.78 is 5.60. The maximum absolute atomic E-state index is 6.10. The van der Waals surface area contributed by atoms with Crippen LogP contribution in [-0.4, -0.2) is 10.2 Å². The summed E-state index contributed by atoms with van der Waals surface area (Å²) in [7, 11) is 0. The summed E-state index contributed by atoms with van der Waals surface area (Å²) in [6.45, 7) is 0.370. The molecule has 0 fully saturated rings. The van der Waals surface area contributed by atoms with Gasteiger partial charge in [0.1, 0.15) is 0 Å². The summed E-state index contributed by atoms with van der Waals surface area (Å²) in [6.07, 6.45) is 0. The Bertz CT molecular complexity index is 804. The fourth-order valence-electron chi connectivity index (χ4n) is 1.85. The average molecular weight is 355 g/mol. The van der Waals surface area contributed by atoms with Gasteiger partial charge in [-0.25, -0.2) is 0 Å². The Morgan fingerprint density at radius 3 is 2.50 bits per heavy atom. The third-order valence-corrected chi connectivity index (χ3v) is 4.00. The van der Waals surface area contributed by atoms with Crippen LogP contribution in [0.3, 0.4) is 0 Å². The van der Waals surface area contributed by atoms with Crippen LogP contribution >= 0.6 is 34.8 Å². The monoisotopic (exact) mass is 353 g/mol. The lowest BCUT2D eigenvalue weighted by molar-refractivity contribution is 0.515. The Kier molecular flexibility index (Phi) is 4.52. The number of nitrogens with zero attached hydrogens (tertiary/aromatic N) is 2. The first-order valence-corrected chi connectivity index (χ1v) is 7.53. The molecule has 0 saturated carbocycles. The number of halogens is 3. The summed E-state index contributed by atoms with van der Waals surface area (Å²) in [5, 5.41) is 12.7. The van der Waals surface area contributed by atoms with E-state index in [9.17, 15) is 0 Å². The minimum atomic E-state index is 0.370. The number of hydrogen-bond acceptors (Lipinski definition) is 4. The lowest BCUT2D eigenvalue weighted by Crippen LogP contribution is -1.99. The number of anilines is 1. The van der Waals surface area contributed by atoms with Gasteiger partial charge in [0.05, 0.1) is 27.2 Å². The summed E-state index contributed by atoms with van der Waals surface area (Å²) in [5.74, 6) is 0.831. The molecule has 0 spiro atoms. The molecule has 7 heteroatoms. The Labute approximate surface area is 142 Å². The number of benzene rings is 2. The lowest BCUT2D eigenvalue weighted by Gasteiger charge is -2.04. The molecule has 2 aromatic carbocycles. The van der Waals surface area contributed by atoms with E-state index in [0.29, 0.717) is 39.0 Å². The molecule has 112 valence electrons. The van der Waals surface area contributed by atoms with E-state index < -0.39 is 0 Å². The lowest BCUT2D eigenvalue weighted by atomic mass is 10.2. The summed E-state index contributed by atoms with van der Waals surface area (Å²) in [6, 6.07) is 12.6. The molecule has 0 amide bonds. The molecule has 0 aliphatic rings. The molecular weight excluding hydrogens is 345 g/mol. The minimum Gasteiger partial charge on any atom is -0.419 e. The van der Waals surface area contributed by atoms with E-state index in [2.05, 4.69) is 15.5 Å². The van der Waals surface area contributed by atoms with Crippen molar-refractivity contribution in [2.75, 3.05) is 5.32 Å². The highest BCUT2D eigenvalue weighted by molar-refractivity contribution is 6.42. The zero-order valence-electron chi connectivity index (χ0n) is 11.2. The largest absolute Gasteiger partial charge is 0.419 e. The summed E-state index contributed by atoms with van der Waals surface area (Å²) in [5.41, 5.74) is 1.52. The topological polar surface area (TPSA) is 51.0 Å². The Morgan fingerprint density at radius 2 is 1.73 bits per heavy atom. The number of aromatic nitrogens is 2. The second-order valence-corrected chi connectivity index (χ2v) is 5.68. The van der Waals surface area contributed by atoms with Crippen molar-refractivity contribution in [2.24, 2.45) is 0 Å². The van der Waals surface area contributed by atoms with Crippen molar-refractivity contribution < 1.29 is 4.42 Å². The van der Waals surface area contributed by atoms with E-state index >= 15 is 0 Å². The van der Waals surface area contributed by atoms with Gasteiger partial charge in [0.25, 0.3) is 0 Å². The van der Waals surface area contributed by atoms with Gasteiger partial charge >= 0.3 is 0 Å². The normalized spacial score (nSPS) is 10.7. The molecule has 4 nitrogen and oxygen atoms in total. The van der Waals surface area contributed by atoms with Gasteiger partial charge in [-0.05, 0) is 30.3 Å². The quantitative estimate of drug-likeness (QED) is 0.690. The number of rotatable bonds is 4. The zero-order valence-corrected chi connectivity index (χ0v) is 13.5. The van der Waals surface area contributed by atoms with E-state index in [1.807, 2.05) is 24.3 Å². The van der Waals surface area contributed by atoms with Gasteiger partial charge in [-0.15, -0.1) is 10.2 Å². The number of hydrogen-bond donors (Lipinski definition) is 1. The smallest absolute Gasteiger partial charge is 0.249 e. The van der Waals surface area contributed by atoms with Crippen LogP contribution in [0.1, 0.15) is 5.89 Å². The van der Waals surface area contributed by atoms with Gasteiger partial charge in [-0.1, -0.05) is 46.9 Å². The molecule has 1 heterocycles. The van der Waals surface area contributed by atoms with Gasteiger partial charge in [0.15, 0.2) is 0 Å². The molecule has 0 radical (unpaired) electrons. The zero-order chi connectivity index (χ0) is 15.5. The van der Waals surface area contributed by atoms with Crippen LogP contribution in [0.5, 0.6) is 0 Å².